The van der Waals surface area contributed by atoms with Gasteiger partial charge in [-0.3, -0.25) is 4.79 Å². The second-order valence-electron chi connectivity index (χ2n) is 4.33. The predicted molar refractivity (Wildman–Crippen MR) is 73.4 cm³/mol. The molecule has 0 atom stereocenters. The fourth-order valence-corrected chi connectivity index (χ4v) is 1.82. The molecule has 3 nitrogen and oxygen atoms in total. The van der Waals surface area contributed by atoms with Crippen molar-refractivity contribution in [1.82, 2.24) is 4.98 Å². The number of halogens is 4. The van der Waals surface area contributed by atoms with Crippen LogP contribution >= 0.6 is 11.6 Å². The Morgan fingerprint density at radius 3 is 2.33 bits per heavy atom. The maximum atomic E-state index is 12.4. The molecule has 0 saturated heterocycles. The molecule has 0 unspecified atom stereocenters. The zero-order valence-corrected chi connectivity index (χ0v) is 11.6. The van der Waals surface area contributed by atoms with Crippen LogP contribution in [-0.2, 0) is 6.18 Å². The fourth-order valence-electron chi connectivity index (χ4n) is 1.67. The molecule has 2 rings (SSSR count). The maximum Gasteiger partial charge on any atom is 0.416 e. The molecule has 110 valence electrons. The van der Waals surface area contributed by atoms with Gasteiger partial charge in [-0.05, 0) is 42.8 Å². The van der Waals surface area contributed by atoms with Gasteiger partial charge in [-0.15, -0.1) is 0 Å². The summed E-state index contributed by atoms with van der Waals surface area (Å²) in [6, 6.07) is 7.34. The zero-order valence-electron chi connectivity index (χ0n) is 10.8. The summed E-state index contributed by atoms with van der Waals surface area (Å²) in [6.07, 6.45) is -4.41. The molecule has 0 bridgehead atoms. The van der Waals surface area contributed by atoms with Crippen LogP contribution < -0.4 is 5.32 Å². The van der Waals surface area contributed by atoms with E-state index in [1.807, 2.05) is 0 Å². The Bertz CT molecular complexity index is 669. The van der Waals surface area contributed by atoms with Gasteiger partial charge in [0, 0.05) is 5.69 Å². The van der Waals surface area contributed by atoms with Gasteiger partial charge >= 0.3 is 6.18 Å². The number of aromatic nitrogens is 1. The molecule has 0 aliphatic carbocycles. The van der Waals surface area contributed by atoms with Gasteiger partial charge in [-0.1, -0.05) is 17.7 Å². The molecule has 0 fully saturated rings. The normalized spacial score (nSPS) is 11.3. The smallest absolute Gasteiger partial charge is 0.321 e. The van der Waals surface area contributed by atoms with Crippen molar-refractivity contribution in [2.45, 2.75) is 13.1 Å². The Labute approximate surface area is 123 Å². The lowest BCUT2D eigenvalue weighted by molar-refractivity contribution is -0.137. The highest BCUT2D eigenvalue weighted by molar-refractivity contribution is 6.29. The largest absolute Gasteiger partial charge is 0.416 e. The van der Waals surface area contributed by atoms with Crippen molar-refractivity contribution in [3.63, 3.8) is 0 Å². The first-order chi connectivity index (χ1) is 9.77. The number of anilines is 1. The molecule has 1 heterocycles. The van der Waals surface area contributed by atoms with E-state index < -0.39 is 17.6 Å². The third-order valence-corrected chi connectivity index (χ3v) is 2.96. The first kappa shape index (κ1) is 15.3. The van der Waals surface area contributed by atoms with Gasteiger partial charge in [-0.2, -0.15) is 13.2 Å². The second-order valence-corrected chi connectivity index (χ2v) is 4.72. The molecule has 1 amide bonds. The van der Waals surface area contributed by atoms with Crippen LogP contribution in [0.3, 0.4) is 0 Å². The number of aryl methyl sites for hydroxylation is 1. The molecule has 7 heteroatoms. The number of pyridine rings is 1. The van der Waals surface area contributed by atoms with Crippen LogP contribution in [-0.4, -0.2) is 10.9 Å². The van der Waals surface area contributed by atoms with Crippen molar-refractivity contribution in [1.29, 1.82) is 0 Å². The lowest BCUT2D eigenvalue weighted by atomic mass is 10.2. The number of benzene rings is 1. The summed E-state index contributed by atoms with van der Waals surface area (Å²) in [4.78, 5) is 15.9. The molecular weight excluding hydrogens is 305 g/mol. The molecule has 0 aliphatic heterocycles. The summed E-state index contributed by atoms with van der Waals surface area (Å²) in [5, 5.41) is 2.64. The molecule has 1 N–H and O–H groups in total. The Morgan fingerprint density at radius 1 is 1.14 bits per heavy atom. The molecule has 0 aliphatic rings. The standard InChI is InChI=1S/C14H10ClF3N2O/c1-8-2-7-11(15)20-12(8)13(21)19-10-5-3-9(4-6-10)14(16,17)18/h2-7H,1H3,(H,19,21). The monoisotopic (exact) mass is 314 g/mol. The van der Waals surface area contributed by atoms with Crippen molar-refractivity contribution in [2.24, 2.45) is 0 Å². The lowest BCUT2D eigenvalue weighted by Gasteiger charge is -2.09. The van der Waals surface area contributed by atoms with Crippen LogP contribution in [0.4, 0.5) is 18.9 Å². The number of alkyl halides is 3. The van der Waals surface area contributed by atoms with E-state index in [0.29, 0.717) is 5.56 Å². The van der Waals surface area contributed by atoms with Crippen LogP contribution in [0.15, 0.2) is 36.4 Å². The fraction of sp³-hybridized carbons (Fsp3) is 0.143. The van der Waals surface area contributed by atoms with E-state index in [9.17, 15) is 18.0 Å². The summed E-state index contributed by atoms with van der Waals surface area (Å²) >= 11 is 5.72. The Kier molecular flexibility index (Phi) is 4.18. The van der Waals surface area contributed by atoms with Crippen molar-refractivity contribution >= 4 is 23.2 Å². The number of rotatable bonds is 2. The van der Waals surface area contributed by atoms with Crippen molar-refractivity contribution in [2.75, 3.05) is 5.32 Å². The van der Waals surface area contributed by atoms with E-state index >= 15 is 0 Å². The minimum atomic E-state index is -4.41. The summed E-state index contributed by atoms with van der Waals surface area (Å²) in [5.41, 5.74) is 0.206. The van der Waals surface area contributed by atoms with E-state index in [4.69, 9.17) is 11.6 Å². The van der Waals surface area contributed by atoms with Crippen LogP contribution in [0.2, 0.25) is 5.15 Å². The number of nitrogens with zero attached hydrogens (tertiary/aromatic N) is 1. The molecule has 21 heavy (non-hydrogen) atoms. The highest BCUT2D eigenvalue weighted by Crippen LogP contribution is 2.29. The minimum absolute atomic E-state index is 0.127. The van der Waals surface area contributed by atoms with Gasteiger partial charge in [0.25, 0.3) is 5.91 Å². The predicted octanol–water partition coefficient (Wildman–Crippen LogP) is 4.31. The van der Waals surface area contributed by atoms with Crippen molar-refractivity contribution < 1.29 is 18.0 Å². The highest BCUT2D eigenvalue weighted by Gasteiger charge is 2.30. The number of hydrogen-bond donors (Lipinski definition) is 1. The topological polar surface area (TPSA) is 42.0 Å². The quantitative estimate of drug-likeness (QED) is 0.839. The summed E-state index contributed by atoms with van der Waals surface area (Å²) in [5.74, 6) is -0.533. The molecule has 0 saturated carbocycles. The molecule has 2 aromatic rings. The van der Waals surface area contributed by atoms with E-state index in [1.54, 1.807) is 19.1 Å². The minimum Gasteiger partial charge on any atom is -0.321 e. The lowest BCUT2D eigenvalue weighted by Crippen LogP contribution is -2.15. The molecule has 1 aromatic heterocycles. The molecule has 0 radical (unpaired) electrons. The number of amides is 1. The molecular formula is C14H10ClF3N2O. The van der Waals surface area contributed by atoms with Crippen LogP contribution in [0.1, 0.15) is 21.6 Å². The highest BCUT2D eigenvalue weighted by atomic mass is 35.5. The van der Waals surface area contributed by atoms with Crippen LogP contribution in [0.25, 0.3) is 0 Å². The van der Waals surface area contributed by atoms with Gasteiger partial charge in [-0.25, -0.2) is 4.98 Å². The Hall–Kier alpha value is -2.08. The Balaban J connectivity index is 2.18. The summed E-state index contributed by atoms with van der Waals surface area (Å²) in [7, 11) is 0. The van der Waals surface area contributed by atoms with Gasteiger partial charge in [0.15, 0.2) is 0 Å². The Morgan fingerprint density at radius 2 is 1.76 bits per heavy atom. The first-order valence-corrected chi connectivity index (χ1v) is 6.27. The van der Waals surface area contributed by atoms with Crippen molar-refractivity contribution in [3.8, 4) is 0 Å². The maximum absolute atomic E-state index is 12.4. The van der Waals surface area contributed by atoms with Gasteiger partial charge < -0.3 is 5.32 Å². The molecule has 1 aromatic carbocycles. The molecule has 0 spiro atoms. The van der Waals surface area contributed by atoms with Gasteiger partial charge in [0.05, 0.1) is 5.56 Å². The average molecular weight is 315 g/mol. The van der Waals surface area contributed by atoms with Gasteiger partial charge in [0.1, 0.15) is 10.8 Å². The van der Waals surface area contributed by atoms with Gasteiger partial charge in [0.2, 0.25) is 0 Å². The number of carbonyl (C=O) groups is 1. The zero-order chi connectivity index (χ0) is 15.6. The number of carbonyl (C=O) groups excluding carboxylic acids is 1. The summed E-state index contributed by atoms with van der Waals surface area (Å²) in [6.45, 7) is 1.69. The third kappa shape index (κ3) is 3.72. The van der Waals surface area contributed by atoms with E-state index in [2.05, 4.69) is 10.3 Å². The van der Waals surface area contributed by atoms with E-state index in [0.717, 1.165) is 12.1 Å². The summed E-state index contributed by atoms with van der Waals surface area (Å²) < 4.78 is 37.3. The number of hydrogen-bond acceptors (Lipinski definition) is 2. The third-order valence-electron chi connectivity index (χ3n) is 2.75. The average Bonchev–Trinajstić information content (AvgIpc) is 2.41. The first-order valence-electron chi connectivity index (χ1n) is 5.89. The SMILES string of the molecule is Cc1ccc(Cl)nc1C(=O)Nc1ccc(C(F)(F)F)cc1. The second kappa shape index (κ2) is 5.73. The number of nitrogens with one attached hydrogen (secondary N) is 1. The van der Waals surface area contributed by atoms with E-state index in [-0.39, 0.29) is 16.5 Å². The van der Waals surface area contributed by atoms with E-state index in [1.165, 1.54) is 12.1 Å². The van der Waals surface area contributed by atoms with Crippen LogP contribution in [0.5, 0.6) is 0 Å². The van der Waals surface area contributed by atoms with Crippen LogP contribution in [0, 0.1) is 6.92 Å². The van der Waals surface area contributed by atoms with Crippen molar-refractivity contribution in [3.05, 3.63) is 58.4 Å².